The molecule has 142 valence electrons. The molecule has 2 aromatic rings. The molecule has 0 bridgehead atoms. The van der Waals surface area contributed by atoms with Gasteiger partial charge in [0.15, 0.2) is 0 Å². The standard InChI is InChI=1S/C20H25NO4.CH4/c22-17-6-8-18(9-7-17)25-13-12-21-11-10-20(24,19(23)15-21)14-16-4-2-1-3-5-16;/h1-9,19,22-24H,10-15H2;1H4. The van der Waals surface area contributed by atoms with Crippen molar-refractivity contribution in [1.82, 2.24) is 4.90 Å². The molecule has 0 aliphatic carbocycles. The lowest BCUT2D eigenvalue weighted by Gasteiger charge is -2.42. The first-order valence-electron chi connectivity index (χ1n) is 8.64. The molecule has 1 fully saturated rings. The van der Waals surface area contributed by atoms with Crippen LogP contribution in [0.2, 0.25) is 0 Å². The normalized spacial score (nSPS) is 23.2. The van der Waals surface area contributed by atoms with E-state index in [-0.39, 0.29) is 13.2 Å². The van der Waals surface area contributed by atoms with E-state index in [1.165, 1.54) is 0 Å². The minimum atomic E-state index is -1.07. The predicted octanol–water partition coefficient (Wildman–Crippen LogP) is 2.45. The Bertz CT molecular complexity index is 661. The van der Waals surface area contributed by atoms with Gasteiger partial charge >= 0.3 is 0 Å². The summed E-state index contributed by atoms with van der Waals surface area (Å²) < 4.78 is 5.65. The summed E-state index contributed by atoms with van der Waals surface area (Å²) in [6, 6.07) is 16.4. The highest BCUT2D eigenvalue weighted by Crippen LogP contribution is 2.27. The number of ether oxygens (including phenoxy) is 1. The van der Waals surface area contributed by atoms with Gasteiger partial charge in [0.05, 0.1) is 11.7 Å². The SMILES string of the molecule is C.Oc1ccc(OCCN2CCC(O)(Cc3ccccc3)C(O)C2)cc1. The number of nitrogens with zero attached hydrogens (tertiary/aromatic N) is 1. The lowest BCUT2D eigenvalue weighted by Crippen LogP contribution is -2.57. The van der Waals surface area contributed by atoms with Gasteiger partial charge in [0.1, 0.15) is 18.1 Å². The van der Waals surface area contributed by atoms with Gasteiger partial charge in [0.2, 0.25) is 0 Å². The molecule has 0 aromatic heterocycles. The first-order valence-corrected chi connectivity index (χ1v) is 8.64. The summed E-state index contributed by atoms with van der Waals surface area (Å²) in [6.07, 6.45) is 0.213. The van der Waals surface area contributed by atoms with Crippen LogP contribution in [0, 0.1) is 0 Å². The number of likely N-dealkylation sites (tertiary alicyclic amines) is 1. The molecule has 2 atom stereocenters. The molecule has 1 aliphatic rings. The third kappa shape index (κ3) is 5.21. The molecule has 26 heavy (non-hydrogen) atoms. The quantitative estimate of drug-likeness (QED) is 0.739. The number of aromatic hydroxyl groups is 1. The minimum absolute atomic E-state index is 0. The zero-order valence-corrected chi connectivity index (χ0v) is 14.2. The molecule has 1 saturated heterocycles. The molecule has 1 heterocycles. The Hall–Kier alpha value is -2.08. The number of rotatable bonds is 6. The predicted molar refractivity (Wildman–Crippen MR) is 102 cm³/mol. The number of phenols is 1. The summed E-state index contributed by atoms with van der Waals surface area (Å²) in [6.45, 7) is 2.33. The lowest BCUT2D eigenvalue weighted by atomic mass is 9.83. The molecule has 0 amide bonds. The van der Waals surface area contributed by atoms with Crippen LogP contribution in [-0.2, 0) is 6.42 Å². The number of hydrogen-bond donors (Lipinski definition) is 3. The number of phenolic OH excluding ortho intramolecular Hbond substituents is 1. The first kappa shape index (κ1) is 20.2. The Kier molecular flexibility index (Phi) is 7.03. The zero-order chi connectivity index (χ0) is 17.7. The van der Waals surface area contributed by atoms with Crippen molar-refractivity contribution in [3.8, 4) is 11.5 Å². The average molecular weight is 359 g/mol. The van der Waals surface area contributed by atoms with Crippen LogP contribution in [-0.4, -0.2) is 58.2 Å². The van der Waals surface area contributed by atoms with Gasteiger partial charge in [-0.3, -0.25) is 4.90 Å². The smallest absolute Gasteiger partial charge is 0.119 e. The fourth-order valence-electron chi connectivity index (χ4n) is 3.22. The Morgan fingerprint density at radius 3 is 2.42 bits per heavy atom. The molecule has 3 N–H and O–H groups in total. The maximum Gasteiger partial charge on any atom is 0.119 e. The molecule has 3 rings (SSSR count). The van der Waals surface area contributed by atoms with Gasteiger partial charge in [-0.05, 0) is 36.2 Å². The van der Waals surface area contributed by atoms with Crippen LogP contribution in [0.3, 0.4) is 0 Å². The lowest BCUT2D eigenvalue weighted by molar-refractivity contribution is -0.119. The van der Waals surface area contributed by atoms with Crippen LogP contribution in [0.25, 0.3) is 0 Å². The van der Waals surface area contributed by atoms with Crippen molar-refractivity contribution < 1.29 is 20.1 Å². The van der Waals surface area contributed by atoms with E-state index in [0.29, 0.717) is 38.3 Å². The second-order valence-electron chi connectivity index (χ2n) is 6.67. The van der Waals surface area contributed by atoms with Crippen LogP contribution in [0.15, 0.2) is 54.6 Å². The summed E-state index contributed by atoms with van der Waals surface area (Å²) in [4.78, 5) is 2.10. The summed E-state index contributed by atoms with van der Waals surface area (Å²) in [5, 5.41) is 30.5. The van der Waals surface area contributed by atoms with Crippen LogP contribution in [0.5, 0.6) is 11.5 Å². The van der Waals surface area contributed by atoms with Crippen molar-refractivity contribution >= 4 is 0 Å². The van der Waals surface area contributed by atoms with Crippen LogP contribution in [0.4, 0.5) is 0 Å². The Morgan fingerprint density at radius 2 is 1.77 bits per heavy atom. The van der Waals surface area contributed by atoms with Crippen LogP contribution in [0.1, 0.15) is 19.4 Å². The number of β-amino-alcohol motifs (C(OH)–C–C–N with tert-alkyl or cyclic N) is 1. The summed E-state index contributed by atoms with van der Waals surface area (Å²) >= 11 is 0. The van der Waals surface area contributed by atoms with Crippen LogP contribution < -0.4 is 4.74 Å². The van der Waals surface area contributed by atoms with Gasteiger partial charge < -0.3 is 20.1 Å². The number of aliphatic hydroxyl groups is 2. The van der Waals surface area contributed by atoms with Crippen molar-refractivity contribution in [3.05, 3.63) is 60.2 Å². The summed E-state index contributed by atoms with van der Waals surface area (Å²) in [7, 11) is 0. The second kappa shape index (κ2) is 9.03. The fraction of sp³-hybridized carbons (Fsp3) is 0.429. The third-order valence-corrected chi connectivity index (χ3v) is 4.78. The van der Waals surface area contributed by atoms with E-state index in [0.717, 1.165) is 12.1 Å². The van der Waals surface area contributed by atoms with Gasteiger partial charge in [-0.15, -0.1) is 0 Å². The van der Waals surface area contributed by atoms with Gasteiger partial charge in [-0.1, -0.05) is 37.8 Å². The Morgan fingerprint density at radius 1 is 1.08 bits per heavy atom. The Labute approximate surface area is 155 Å². The largest absolute Gasteiger partial charge is 0.508 e. The maximum atomic E-state index is 10.8. The molecule has 5 heteroatoms. The maximum absolute atomic E-state index is 10.8. The highest BCUT2D eigenvalue weighted by molar-refractivity contribution is 5.30. The van der Waals surface area contributed by atoms with E-state index in [1.54, 1.807) is 24.3 Å². The molecule has 0 radical (unpaired) electrons. The minimum Gasteiger partial charge on any atom is -0.508 e. The molecule has 0 spiro atoms. The second-order valence-corrected chi connectivity index (χ2v) is 6.67. The van der Waals surface area contributed by atoms with E-state index in [9.17, 15) is 15.3 Å². The van der Waals surface area contributed by atoms with Crippen molar-refractivity contribution in [3.63, 3.8) is 0 Å². The summed E-state index contributed by atoms with van der Waals surface area (Å²) in [5.74, 6) is 0.917. The molecule has 1 aliphatic heterocycles. The van der Waals surface area contributed by atoms with Gasteiger partial charge in [-0.25, -0.2) is 0 Å². The average Bonchev–Trinajstić information content (AvgIpc) is 2.61. The molecular formula is C21H29NO4. The summed E-state index contributed by atoms with van der Waals surface area (Å²) in [5.41, 5.74) is -0.0384. The molecule has 5 nitrogen and oxygen atoms in total. The van der Waals surface area contributed by atoms with Gasteiger partial charge in [0, 0.05) is 26.1 Å². The third-order valence-electron chi connectivity index (χ3n) is 4.78. The van der Waals surface area contributed by atoms with Crippen LogP contribution >= 0.6 is 0 Å². The molecular weight excluding hydrogens is 330 g/mol. The molecule has 2 unspecified atom stereocenters. The fourth-order valence-corrected chi connectivity index (χ4v) is 3.22. The molecule has 2 aromatic carbocycles. The van der Waals surface area contributed by atoms with Gasteiger partial charge in [-0.2, -0.15) is 0 Å². The monoisotopic (exact) mass is 359 g/mol. The topological polar surface area (TPSA) is 73.2 Å². The van der Waals surface area contributed by atoms with E-state index in [4.69, 9.17) is 4.74 Å². The van der Waals surface area contributed by atoms with Crippen molar-refractivity contribution in [1.29, 1.82) is 0 Å². The molecule has 0 saturated carbocycles. The van der Waals surface area contributed by atoms with Gasteiger partial charge in [0.25, 0.3) is 0 Å². The van der Waals surface area contributed by atoms with E-state index < -0.39 is 11.7 Å². The van der Waals surface area contributed by atoms with E-state index in [2.05, 4.69) is 4.90 Å². The van der Waals surface area contributed by atoms with Crippen molar-refractivity contribution in [2.75, 3.05) is 26.2 Å². The number of benzene rings is 2. The van der Waals surface area contributed by atoms with Crippen molar-refractivity contribution in [2.45, 2.75) is 32.0 Å². The highest BCUT2D eigenvalue weighted by Gasteiger charge is 2.40. The number of piperidine rings is 1. The zero-order valence-electron chi connectivity index (χ0n) is 14.2. The van der Waals surface area contributed by atoms with Crippen molar-refractivity contribution in [2.24, 2.45) is 0 Å². The Balaban J connectivity index is 0.00000243. The van der Waals surface area contributed by atoms with E-state index >= 15 is 0 Å². The first-order chi connectivity index (χ1) is 12.0. The number of hydrogen-bond acceptors (Lipinski definition) is 5. The highest BCUT2D eigenvalue weighted by atomic mass is 16.5. The van der Waals surface area contributed by atoms with E-state index in [1.807, 2.05) is 30.3 Å². The number of aliphatic hydroxyl groups excluding tert-OH is 1.